The summed E-state index contributed by atoms with van der Waals surface area (Å²) in [5, 5.41) is 3.36. The largest absolute Gasteiger partial charge is 0.454 e. The number of nitrogens with zero attached hydrogens (tertiary/aromatic N) is 3. The number of hydrogen-bond donors (Lipinski definition) is 1. The van der Waals surface area contributed by atoms with Gasteiger partial charge in [-0.2, -0.15) is 0 Å². The van der Waals surface area contributed by atoms with Crippen LogP contribution in [0.25, 0.3) is 0 Å². The number of hydrogen-bond acceptors (Lipinski definition) is 6. The van der Waals surface area contributed by atoms with Crippen LogP contribution in [0.1, 0.15) is 29.9 Å². The molecule has 0 unspecified atom stereocenters. The Morgan fingerprint density at radius 3 is 2.69 bits per heavy atom. The Balaban J connectivity index is 1.31. The van der Waals surface area contributed by atoms with Crippen LogP contribution in [-0.2, 0) is 6.54 Å². The molecular weight excluding hydrogens is 368 g/mol. The van der Waals surface area contributed by atoms with Crippen LogP contribution in [0.4, 0.5) is 5.69 Å². The average Bonchev–Trinajstić information content (AvgIpc) is 3.20. The summed E-state index contributed by atoms with van der Waals surface area (Å²) in [4.78, 5) is 21.4. The minimum atomic E-state index is 0.000858. The molecule has 1 aromatic heterocycles. The van der Waals surface area contributed by atoms with Gasteiger partial charge in [0.05, 0.1) is 0 Å². The standard InChI is InChI=1S/C22H28N4O3/c1-16(2)13-24-18-5-6-23-19(12-18)22(27)26-9-7-25(8-10-26)14-17-3-4-20-21(11-17)29-15-28-20/h3-6,11-12,16H,7-10,13-15H2,1-2H3,(H,23,24). The molecule has 1 saturated heterocycles. The van der Waals surface area contributed by atoms with Crippen LogP contribution in [0.3, 0.4) is 0 Å². The van der Waals surface area contributed by atoms with Crippen molar-refractivity contribution in [3.05, 3.63) is 47.8 Å². The first-order chi connectivity index (χ1) is 14.1. The Hall–Kier alpha value is -2.80. The molecule has 0 saturated carbocycles. The average molecular weight is 396 g/mol. The van der Waals surface area contributed by atoms with Crippen LogP contribution < -0.4 is 14.8 Å². The van der Waals surface area contributed by atoms with Gasteiger partial charge in [0.2, 0.25) is 6.79 Å². The summed E-state index contributed by atoms with van der Waals surface area (Å²) in [6.07, 6.45) is 1.70. The first kappa shape index (κ1) is 19.5. The van der Waals surface area contributed by atoms with Crippen molar-refractivity contribution in [3.63, 3.8) is 0 Å². The fourth-order valence-electron chi connectivity index (χ4n) is 3.55. The lowest BCUT2D eigenvalue weighted by Crippen LogP contribution is -2.48. The molecule has 29 heavy (non-hydrogen) atoms. The number of rotatable bonds is 6. The number of aromatic nitrogens is 1. The van der Waals surface area contributed by atoms with Crippen molar-refractivity contribution in [2.24, 2.45) is 5.92 Å². The monoisotopic (exact) mass is 396 g/mol. The highest BCUT2D eigenvalue weighted by Gasteiger charge is 2.23. The Labute approximate surface area is 171 Å². The normalized spacial score (nSPS) is 16.3. The number of ether oxygens (including phenoxy) is 2. The lowest BCUT2D eigenvalue weighted by atomic mass is 10.1. The van der Waals surface area contributed by atoms with Crippen molar-refractivity contribution < 1.29 is 14.3 Å². The van der Waals surface area contributed by atoms with Crippen LogP contribution in [0, 0.1) is 5.92 Å². The zero-order valence-corrected chi connectivity index (χ0v) is 17.1. The highest BCUT2D eigenvalue weighted by molar-refractivity contribution is 5.93. The number of pyridine rings is 1. The van der Waals surface area contributed by atoms with Crippen molar-refractivity contribution in [2.75, 3.05) is 44.8 Å². The number of anilines is 1. The van der Waals surface area contributed by atoms with Crippen molar-refractivity contribution >= 4 is 11.6 Å². The lowest BCUT2D eigenvalue weighted by Gasteiger charge is -2.34. The second-order valence-corrected chi connectivity index (χ2v) is 7.96. The molecule has 154 valence electrons. The molecule has 0 bridgehead atoms. The molecule has 0 aliphatic carbocycles. The van der Waals surface area contributed by atoms with E-state index in [9.17, 15) is 4.79 Å². The third-order valence-electron chi connectivity index (χ3n) is 5.20. The molecule has 1 aromatic carbocycles. The zero-order chi connectivity index (χ0) is 20.2. The summed E-state index contributed by atoms with van der Waals surface area (Å²) in [5.41, 5.74) is 2.64. The number of nitrogens with one attached hydrogen (secondary N) is 1. The molecule has 2 aliphatic rings. The molecule has 7 nitrogen and oxygen atoms in total. The van der Waals surface area contributed by atoms with Crippen molar-refractivity contribution in [1.29, 1.82) is 0 Å². The summed E-state index contributed by atoms with van der Waals surface area (Å²) < 4.78 is 10.8. The van der Waals surface area contributed by atoms with Crippen LogP contribution in [-0.4, -0.2) is 60.2 Å². The van der Waals surface area contributed by atoms with E-state index in [0.717, 1.165) is 43.4 Å². The van der Waals surface area contributed by atoms with Gasteiger partial charge in [-0.05, 0) is 35.7 Å². The van der Waals surface area contributed by atoms with E-state index < -0.39 is 0 Å². The van der Waals surface area contributed by atoms with E-state index in [1.165, 1.54) is 5.56 Å². The van der Waals surface area contributed by atoms with E-state index in [0.29, 0.717) is 31.5 Å². The fraction of sp³-hybridized carbons (Fsp3) is 0.455. The molecule has 2 aliphatic heterocycles. The molecule has 0 atom stereocenters. The van der Waals surface area contributed by atoms with Gasteiger partial charge >= 0.3 is 0 Å². The molecule has 0 radical (unpaired) electrons. The minimum absolute atomic E-state index is 0.000858. The van der Waals surface area contributed by atoms with Gasteiger partial charge in [-0.3, -0.25) is 14.7 Å². The Morgan fingerprint density at radius 2 is 1.90 bits per heavy atom. The maximum atomic E-state index is 12.9. The van der Waals surface area contributed by atoms with Gasteiger partial charge in [0, 0.05) is 51.2 Å². The maximum Gasteiger partial charge on any atom is 0.272 e. The molecular formula is C22H28N4O3. The fourth-order valence-corrected chi connectivity index (χ4v) is 3.55. The molecule has 3 heterocycles. The lowest BCUT2D eigenvalue weighted by molar-refractivity contribution is 0.0623. The van der Waals surface area contributed by atoms with E-state index >= 15 is 0 Å². The first-order valence-corrected chi connectivity index (χ1v) is 10.2. The van der Waals surface area contributed by atoms with Crippen molar-refractivity contribution in [1.82, 2.24) is 14.8 Å². The van der Waals surface area contributed by atoms with E-state index in [4.69, 9.17) is 9.47 Å². The first-order valence-electron chi connectivity index (χ1n) is 10.2. The zero-order valence-electron chi connectivity index (χ0n) is 17.1. The van der Waals surface area contributed by atoms with Gasteiger partial charge < -0.3 is 19.7 Å². The second-order valence-electron chi connectivity index (χ2n) is 7.96. The van der Waals surface area contributed by atoms with Gasteiger partial charge in [-0.1, -0.05) is 19.9 Å². The molecule has 1 amide bonds. The van der Waals surface area contributed by atoms with Gasteiger partial charge in [0.25, 0.3) is 5.91 Å². The smallest absolute Gasteiger partial charge is 0.272 e. The summed E-state index contributed by atoms with van der Waals surface area (Å²) in [6.45, 7) is 9.40. The minimum Gasteiger partial charge on any atom is -0.454 e. The molecule has 4 rings (SSSR count). The number of carbonyl (C=O) groups excluding carboxylic acids is 1. The third-order valence-corrected chi connectivity index (χ3v) is 5.20. The molecule has 7 heteroatoms. The van der Waals surface area contributed by atoms with Gasteiger partial charge in [0.15, 0.2) is 11.5 Å². The summed E-state index contributed by atoms with van der Waals surface area (Å²) in [6, 6.07) is 9.83. The number of fused-ring (bicyclic) bond motifs is 1. The SMILES string of the molecule is CC(C)CNc1ccnc(C(=O)N2CCN(Cc3ccc4c(c3)OCO4)CC2)c1. The number of carbonyl (C=O) groups is 1. The van der Waals surface area contributed by atoms with E-state index in [2.05, 4.69) is 35.1 Å². The van der Waals surface area contributed by atoms with Crippen LogP contribution in [0.2, 0.25) is 0 Å². The Bertz CT molecular complexity index is 863. The van der Waals surface area contributed by atoms with Crippen LogP contribution in [0.5, 0.6) is 11.5 Å². The van der Waals surface area contributed by atoms with Crippen LogP contribution >= 0.6 is 0 Å². The predicted octanol–water partition coefficient (Wildman–Crippen LogP) is 2.84. The second kappa shape index (κ2) is 8.69. The number of amides is 1. The van der Waals surface area contributed by atoms with Gasteiger partial charge in [-0.15, -0.1) is 0 Å². The Morgan fingerprint density at radius 1 is 1.10 bits per heavy atom. The quantitative estimate of drug-likeness (QED) is 0.810. The van der Waals surface area contributed by atoms with Crippen LogP contribution in [0.15, 0.2) is 36.5 Å². The molecule has 2 aromatic rings. The van der Waals surface area contributed by atoms with Crippen molar-refractivity contribution in [2.45, 2.75) is 20.4 Å². The van der Waals surface area contributed by atoms with E-state index in [-0.39, 0.29) is 5.91 Å². The highest BCUT2D eigenvalue weighted by Crippen LogP contribution is 2.32. The maximum absolute atomic E-state index is 12.9. The van der Waals surface area contributed by atoms with Gasteiger partial charge in [-0.25, -0.2) is 0 Å². The Kier molecular flexibility index (Phi) is 5.85. The summed E-state index contributed by atoms with van der Waals surface area (Å²) in [7, 11) is 0. The van der Waals surface area contributed by atoms with E-state index in [1.807, 2.05) is 29.2 Å². The van der Waals surface area contributed by atoms with E-state index in [1.54, 1.807) is 6.20 Å². The predicted molar refractivity (Wildman–Crippen MR) is 111 cm³/mol. The number of benzene rings is 1. The van der Waals surface area contributed by atoms with Crippen molar-refractivity contribution in [3.8, 4) is 11.5 Å². The summed E-state index contributed by atoms with van der Waals surface area (Å²) in [5.74, 6) is 2.16. The summed E-state index contributed by atoms with van der Waals surface area (Å²) >= 11 is 0. The van der Waals surface area contributed by atoms with Gasteiger partial charge in [0.1, 0.15) is 5.69 Å². The number of piperazine rings is 1. The topological polar surface area (TPSA) is 66.9 Å². The molecule has 1 N–H and O–H groups in total. The molecule has 1 fully saturated rings. The highest BCUT2D eigenvalue weighted by atomic mass is 16.7. The molecule has 0 spiro atoms. The third kappa shape index (κ3) is 4.79.